The third-order valence-corrected chi connectivity index (χ3v) is 1.64. The van der Waals surface area contributed by atoms with Crippen molar-refractivity contribution in [3.05, 3.63) is 42.7 Å². The zero-order chi connectivity index (χ0) is 11.1. The minimum absolute atomic E-state index is 0.0752. The number of carbonyl (C=O) groups is 1. The van der Waals surface area contributed by atoms with Gasteiger partial charge >= 0.3 is 0 Å². The van der Waals surface area contributed by atoms with Crippen LogP contribution in [-0.4, -0.2) is 19.1 Å². The van der Waals surface area contributed by atoms with Crippen LogP contribution >= 0.6 is 0 Å². The maximum absolute atomic E-state index is 13.0. The van der Waals surface area contributed by atoms with E-state index in [0.717, 1.165) is 0 Å². The van der Waals surface area contributed by atoms with Gasteiger partial charge < -0.3 is 10.1 Å². The average molecular weight is 209 g/mol. The van der Waals surface area contributed by atoms with Crippen molar-refractivity contribution in [1.29, 1.82) is 0 Å². The highest BCUT2D eigenvalue weighted by atomic mass is 19.1. The SMILES string of the molecule is C=CCNC(=O)COc1ccccc1F. The van der Waals surface area contributed by atoms with Gasteiger partial charge in [0.05, 0.1) is 0 Å². The molecule has 0 saturated heterocycles. The van der Waals surface area contributed by atoms with Crippen LogP contribution < -0.4 is 10.1 Å². The second kappa shape index (κ2) is 5.80. The number of rotatable bonds is 5. The van der Waals surface area contributed by atoms with E-state index >= 15 is 0 Å². The molecule has 0 fully saturated rings. The Morgan fingerprint density at radius 2 is 2.27 bits per heavy atom. The number of benzene rings is 1. The van der Waals surface area contributed by atoms with E-state index in [1.54, 1.807) is 18.2 Å². The second-order valence-corrected chi connectivity index (χ2v) is 2.81. The molecule has 0 aliphatic heterocycles. The van der Waals surface area contributed by atoms with Gasteiger partial charge in [0.2, 0.25) is 0 Å². The number of hydrogen-bond donors (Lipinski definition) is 1. The lowest BCUT2D eigenvalue weighted by atomic mass is 10.3. The van der Waals surface area contributed by atoms with Crippen molar-refractivity contribution >= 4 is 5.91 Å². The largest absolute Gasteiger partial charge is 0.481 e. The van der Waals surface area contributed by atoms with Crippen molar-refractivity contribution in [3.8, 4) is 5.75 Å². The molecule has 0 spiro atoms. The van der Waals surface area contributed by atoms with Crippen LogP contribution in [0.15, 0.2) is 36.9 Å². The molecule has 4 heteroatoms. The van der Waals surface area contributed by atoms with E-state index in [-0.39, 0.29) is 18.3 Å². The summed E-state index contributed by atoms with van der Waals surface area (Å²) in [7, 11) is 0. The van der Waals surface area contributed by atoms with Crippen LogP contribution in [-0.2, 0) is 4.79 Å². The summed E-state index contributed by atoms with van der Waals surface area (Å²) in [5.41, 5.74) is 0. The molecule has 1 amide bonds. The van der Waals surface area contributed by atoms with Gasteiger partial charge in [-0.1, -0.05) is 18.2 Å². The highest BCUT2D eigenvalue weighted by molar-refractivity contribution is 5.77. The molecule has 0 bridgehead atoms. The fourth-order valence-corrected chi connectivity index (χ4v) is 0.942. The molecule has 0 aliphatic carbocycles. The smallest absolute Gasteiger partial charge is 0.258 e. The molecule has 0 unspecified atom stereocenters. The Labute approximate surface area is 87.6 Å². The predicted octanol–water partition coefficient (Wildman–Crippen LogP) is 1.51. The fraction of sp³-hybridized carbons (Fsp3) is 0.182. The van der Waals surface area contributed by atoms with Gasteiger partial charge in [0.1, 0.15) is 0 Å². The van der Waals surface area contributed by atoms with Gasteiger partial charge in [0.25, 0.3) is 5.91 Å². The van der Waals surface area contributed by atoms with Gasteiger partial charge in [0, 0.05) is 6.54 Å². The zero-order valence-corrected chi connectivity index (χ0v) is 8.20. The lowest BCUT2D eigenvalue weighted by molar-refractivity contribution is -0.122. The van der Waals surface area contributed by atoms with Crippen molar-refractivity contribution in [2.45, 2.75) is 0 Å². The lowest BCUT2D eigenvalue weighted by Crippen LogP contribution is -2.28. The zero-order valence-electron chi connectivity index (χ0n) is 8.20. The van der Waals surface area contributed by atoms with Crippen LogP contribution in [0.4, 0.5) is 4.39 Å². The summed E-state index contributed by atoms with van der Waals surface area (Å²) in [6.45, 7) is 3.62. The summed E-state index contributed by atoms with van der Waals surface area (Å²) in [4.78, 5) is 11.1. The molecule has 1 N–H and O–H groups in total. The second-order valence-electron chi connectivity index (χ2n) is 2.81. The molecule has 1 aromatic rings. The van der Waals surface area contributed by atoms with Gasteiger partial charge in [-0.15, -0.1) is 6.58 Å². The summed E-state index contributed by atoms with van der Waals surface area (Å²) in [6, 6.07) is 5.94. The Bertz CT molecular complexity index is 352. The first-order valence-electron chi connectivity index (χ1n) is 4.49. The molecule has 1 aromatic carbocycles. The Morgan fingerprint density at radius 3 is 2.93 bits per heavy atom. The molecule has 15 heavy (non-hydrogen) atoms. The first-order chi connectivity index (χ1) is 7.24. The summed E-state index contributed by atoms with van der Waals surface area (Å²) < 4.78 is 18.0. The van der Waals surface area contributed by atoms with Crippen molar-refractivity contribution in [3.63, 3.8) is 0 Å². The number of halogens is 1. The van der Waals surface area contributed by atoms with E-state index in [0.29, 0.717) is 6.54 Å². The standard InChI is InChI=1S/C11H12FNO2/c1-2-7-13-11(14)8-15-10-6-4-3-5-9(10)12/h2-6H,1,7-8H2,(H,13,14). The van der Waals surface area contributed by atoms with Crippen molar-refractivity contribution in [2.24, 2.45) is 0 Å². The minimum atomic E-state index is -0.478. The van der Waals surface area contributed by atoms with Crippen LogP contribution in [0.1, 0.15) is 0 Å². The van der Waals surface area contributed by atoms with E-state index in [9.17, 15) is 9.18 Å². The van der Waals surface area contributed by atoms with Crippen LogP contribution in [0.5, 0.6) is 5.75 Å². The van der Waals surface area contributed by atoms with Gasteiger partial charge in [-0.25, -0.2) is 4.39 Å². The number of hydrogen-bond acceptors (Lipinski definition) is 2. The highest BCUT2D eigenvalue weighted by Gasteiger charge is 2.04. The van der Waals surface area contributed by atoms with E-state index in [1.807, 2.05) is 0 Å². The van der Waals surface area contributed by atoms with E-state index in [1.165, 1.54) is 12.1 Å². The monoisotopic (exact) mass is 209 g/mol. The van der Waals surface area contributed by atoms with Gasteiger partial charge in [-0.3, -0.25) is 4.79 Å². The predicted molar refractivity (Wildman–Crippen MR) is 55.1 cm³/mol. The van der Waals surface area contributed by atoms with Crippen LogP contribution in [0.25, 0.3) is 0 Å². The Morgan fingerprint density at radius 1 is 1.53 bits per heavy atom. The summed E-state index contributed by atoms with van der Waals surface area (Å²) in [6.07, 6.45) is 1.56. The molecule has 0 aromatic heterocycles. The molecule has 0 atom stereocenters. The number of ether oxygens (including phenoxy) is 1. The fourth-order valence-electron chi connectivity index (χ4n) is 0.942. The lowest BCUT2D eigenvalue weighted by Gasteiger charge is -2.06. The average Bonchev–Trinajstić information content (AvgIpc) is 2.25. The summed E-state index contributed by atoms with van der Waals surface area (Å²) >= 11 is 0. The number of para-hydroxylation sites is 1. The van der Waals surface area contributed by atoms with E-state index in [2.05, 4.69) is 11.9 Å². The topological polar surface area (TPSA) is 38.3 Å². The summed E-state index contributed by atoms with van der Waals surface area (Å²) in [5, 5.41) is 2.52. The normalized spacial score (nSPS) is 9.40. The first-order valence-corrected chi connectivity index (χ1v) is 4.49. The third kappa shape index (κ3) is 3.81. The minimum Gasteiger partial charge on any atom is -0.481 e. The highest BCUT2D eigenvalue weighted by Crippen LogP contribution is 2.14. The number of carbonyl (C=O) groups excluding carboxylic acids is 1. The molecular formula is C11H12FNO2. The first kappa shape index (κ1) is 11.2. The van der Waals surface area contributed by atoms with Crippen LogP contribution in [0.2, 0.25) is 0 Å². The molecule has 1 rings (SSSR count). The number of nitrogens with one attached hydrogen (secondary N) is 1. The molecular weight excluding hydrogens is 197 g/mol. The van der Waals surface area contributed by atoms with Gasteiger partial charge in [-0.2, -0.15) is 0 Å². The quantitative estimate of drug-likeness (QED) is 0.746. The van der Waals surface area contributed by atoms with Crippen molar-refractivity contribution in [1.82, 2.24) is 5.32 Å². The molecule has 0 aliphatic rings. The van der Waals surface area contributed by atoms with Gasteiger partial charge in [0.15, 0.2) is 18.2 Å². The van der Waals surface area contributed by atoms with Crippen molar-refractivity contribution < 1.29 is 13.9 Å². The Kier molecular flexibility index (Phi) is 4.34. The maximum Gasteiger partial charge on any atom is 0.258 e. The van der Waals surface area contributed by atoms with Crippen LogP contribution in [0.3, 0.4) is 0 Å². The van der Waals surface area contributed by atoms with Crippen molar-refractivity contribution in [2.75, 3.05) is 13.2 Å². The van der Waals surface area contributed by atoms with Crippen LogP contribution in [0, 0.1) is 5.82 Å². The maximum atomic E-state index is 13.0. The molecule has 0 heterocycles. The molecule has 0 saturated carbocycles. The third-order valence-electron chi connectivity index (χ3n) is 1.64. The Hall–Kier alpha value is -1.84. The van der Waals surface area contributed by atoms with E-state index in [4.69, 9.17) is 4.74 Å². The number of amides is 1. The van der Waals surface area contributed by atoms with E-state index < -0.39 is 5.82 Å². The Balaban J connectivity index is 2.40. The molecule has 3 nitrogen and oxygen atoms in total. The molecule has 80 valence electrons. The summed E-state index contributed by atoms with van der Waals surface area (Å²) in [5.74, 6) is -0.710. The molecule has 0 radical (unpaired) electrons. The van der Waals surface area contributed by atoms with Gasteiger partial charge in [-0.05, 0) is 12.1 Å².